The lowest BCUT2D eigenvalue weighted by atomic mass is 9.60. The Balaban J connectivity index is 1.63. The van der Waals surface area contributed by atoms with Crippen LogP contribution >= 0.6 is 12.1 Å². The van der Waals surface area contributed by atoms with Crippen LogP contribution in [0.2, 0.25) is 0 Å². The predicted octanol–water partition coefficient (Wildman–Crippen LogP) is 1.95. The molecule has 0 bridgehead atoms. The third kappa shape index (κ3) is 2.38. The lowest BCUT2D eigenvalue weighted by molar-refractivity contribution is 0.0244. The van der Waals surface area contributed by atoms with Crippen molar-refractivity contribution in [3.63, 3.8) is 0 Å². The fraction of sp³-hybridized carbons (Fsp3) is 0.529. The number of fused-ring (bicyclic) bond motifs is 1. The van der Waals surface area contributed by atoms with Crippen molar-refractivity contribution < 1.29 is 4.74 Å². The molecule has 132 valence electrons. The van der Waals surface area contributed by atoms with Crippen molar-refractivity contribution in [2.24, 2.45) is 10.6 Å². The lowest BCUT2D eigenvalue weighted by Gasteiger charge is -2.61. The van der Waals surface area contributed by atoms with E-state index in [1.54, 1.807) is 17.8 Å². The van der Waals surface area contributed by atoms with E-state index < -0.39 is 0 Å². The Morgan fingerprint density at radius 1 is 1.48 bits per heavy atom. The molecular weight excluding hydrogens is 336 g/mol. The molecule has 7 nitrogen and oxygen atoms in total. The maximum atomic E-state index is 9.57. The topological polar surface area (TPSA) is 82.8 Å². The number of aryl methyl sites for hydroxylation is 1. The predicted molar refractivity (Wildman–Crippen MR) is 98.4 cm³/mol. The van der Waals surface area contributed by atoms with Gasteiger partial charge in [0.25, 0.3) is 0 Å². The summed E-state index contributed by atoms with van der Waals surface area (Å²) in [7, 11) is 3.69. The Kier molecular flexibility index (Phi) is 3.83. The van der Waals surface area contributed by atoms with E-state index in [0.717, 1.165) is 42.7 Å². The molecule has 2 fully saturated rings. The number of anilines is 1. The summed E-state index contributed by atoms with van der Waals surface area (Å²) in [5.74, 6) is 0.693. The molecule has 0 aromatic carbocycles. The van der Waals surface area contributed by atoms with Gasteiger partial charge in [-0.25, -0.2) is 4.31 Å². The molecule has 2 N–H and O–H groups in total. The second-order valence-electron chi connectivity index (χ2n) is 7.22. The number of methoxy groups -OCH3 is 1. The van der Waals surface area contributed by atoms with Crippen molar-refractivity contribution in [1.29, 1.82) is 5.26 Å². The number of ether oxygens (including phenoxy) is 1. The zero-order valence-electron chi connectivity index (χ0n) is 14.7. The van der Waals surface area contributed by atoms with E-state index in [-0.39, 0.29) is 0 Å². The van der Waals surface area contributed by atoms with Gasteiger partial charge in [0.15, 0.2) is 0 Å². The number of hydrogen-bond acceptors (Lipinski definition) is 7. The van der Waals surface area contributed by atoms with Crippen LogP contribution in [0.4, 0.5) is 5.69 Å². The summed E-state index contributed by atoms with van der Waals surface area (Å²) < 4.78 is 9.34. The molecule has 4 rings (SSSR count). The number of hydrogen-bond donors (Lipinski definition) is 1. The lowest BCUT2D eigenvalue weighted by Crippen LogP contribution is -2.66. The third-order valence-electron chi connectivity index (χ3n) is 5.63. The van der Waals surface area contributed by atoms with E-state index in [1.165, 1.54) is 12.1 Å². The minimum atomic E-state index is 0.367. The summed E-state index contributed by atoms with van der Waals surface area (Å²) in [6.45, 7) is 3.99. The minimum Gasteiger partial charge on any atom is -0.481 e. The molecule has 8 heteroatoms. The zero-order chi connectivity index (χ0) is 17.8. The SMILES string of the molecule is COc1cc(C)c2c(N3CC4(CC(N(C)SN)C4)C3)c(C#N)cnn12. The highest BCUT2D eigenvalue weighted by Gasteiger charge is 2.54. The fourth-order valence-corrected chi connectivity index (χ4v) is 4.63. The first-order valence-electron chi connectivity index (χ1n) is 8.32. The molecular formula is C17H22N6OS. The number of nitriles is 1. The summed E-state index contributed by atoms with van der Waals surface area (Å²) >= 11 is 1.31. The number of nitrogens with two attached hydrogens (primary N) is 1. The molecule has 0 amide bonds. The highest BCUT2D eigenvalue weighted by molar-refractivity contribution is 7.94. The molecule has 0 unspecified atom stereocenters. The third-order valence-corrected chi connectivity index (χ3v) is 6.26. The molecule has 2 aromatic rings. The van der Waals surface area contributed by atoms with E-state index >= 15 is 0 Å². The largest absolute Gasteiger partial charge is 0.481 e. The summed E-state index contributed by atoms with van der Waals surface area (Å²) in [6.07, 6.45) is 3.96. The monoisotopic (exact) mass is 358 g/mol. The van der Waals surface area contributed by atoms with Crippen molar-refractivity contribution in [3.05, 3.63) is 23.4 Å². The highest BCUT2D eigenvalue weighted by Crippen LogP contribution is 2.53. The van der Waals surface area contributed by atoms with Gasteiger partial charge in [0.2, 0.25) is 5.88 Å². The van der Waals surface area contributed by atoms with Crippen LogP contribution in [-0.2, 0) is 0 Å². The van der Waals surface area contributed by atoms with E-state index in [1.807, 2.05) is 13.0 Å². The molecule has 2 aromatic heterocycles. The average Bonchev–Trinajstić information content (AvgIpc) is 2.88. The molecule has 25 heavy (non-hydrogen) atoms. The van der Waals surface area contributed by atoms with E-state index in [2.05, 4.69) is 27.4 Å². The van der Waals surface area contributed by atoms with Crippen molar-refractivity contribution in [2.45, 2.75) is 25.8 Å². The summed E-state index contributed by atoms with van der Waals surface area (Å²) in [5.41, 5.74) is 4.01. The van der Waals surface area contributed by atoms with Gasteiger partial charge in [-0.05, 0) is 32.4 Å². The number of nitrogens with zero attached hydrogens (tertiary/aromatic N) is 5. The van der Waals surface area contributed by atoms with Gasteiger partial charge in [0.1, 0.15) is 6.07 Å². The molecule has 1 aliphatic carbocycles. The first-order valence-corrected chi connectivity index (χ1v) is 9.15. The van der Waals surface area contributed by atoms with Crippen LogP contribution in [0.5, 0.6) is 5.88 Å². The smallest absolute Gasteiger partial charge is 0.215 e. The van der Waals surface area contributed by atoms with E-state index in [4.69, 9.17) is 9.88 Å². The maximum Gasteiger partial charge on any atom is 0.215 e. The Labute approximate surface area is 151 Å². The van der Waals surface area contributed by atoms with Gasteiger partial charge >= 0.3 is 0 Å². The second kappa shape index (κ2) is 5.80. The van der Waals surface area contributed by atoms with E-state index in [0.29, 0.717) is 22.9 Å². The van der Waals surface area contributed by atoms with Crippen molar-refractivity contribution >= 4 is 23.3 Å². The summed E-state index contributed by atoms with van der Waals surface area (Å²) in [6, 6.07) is 4.83. The highest BCUT2D eigenvalue weighted by atomic mass is 32.2. The minimum absolute atomic E-state index is 0.367. The maximum absolute atomic E-state index is 9.57. The Bertz CT molecular complexity index is 858. The second-order valence-corrected chi connectivity index (χ2v) is 8.01. The quantitative estimate of drug-likeness (QED) is 0.836. The van der Waals surface area contributed by atoms with Crippen molar-refractivity contribution in [3.8, 4) is 11.9 Å². The Hall–Kier alpha value is -1.95. The molecule has 1 aliphatic heterocycles. The molecule has 0 atom stereocenters. The van der Waals surface area contributed by atoms with Crippen LogP contribution in [0.15, 0.2) is 12.3 Å². The number of aromatic nitrogens is 2. The van der Waals surface area contributed by atoms with Crippen LogP contribution in [0.3, 0.4) is 0 Å². The molecule has 1 spiro atoms. The Morgan fingerprint density at radius 2 is 2.20 bits per heavy atom. The van der Waals surface area contributed by atoms with Crippen LogP contribution in [-0.4, -0.2) is 47.2 Å². The van der Waals surface area contributed by atoms with Crippen molar-refractivity contribution in [1.82, 2.24) is 13.9 Å². The van der Waals surface area contributed by atoms with Gasteiger partial charge in [-0.3, -0.25) is 5.14 Å². The molecule has 3 heterocycles. The van der Waals surface area contributed by atoms with Gasteiger partial charge in [0, 0.05) is 42.7 Å². The van der Waals surface area contributed by atoms with Gasteiger partial charge in [-0.1, -0.05) is 0 Å². The van der Waals surface area contributed by atoms with Gasteiger partial charge in [-0.2, -0.15) is 14.9 Å². The first-order chi connectivity index (χ1) is 12.0. The molecule has 0 radical (unpaired) electrons. The normalized spacial score (nSPS) is 19.1. The van der Waals surface area contributed by atoms with Gasteiger partial charge < -0.3 is 9.64 Å². The molecule has 1 saturated carbocycles. The molecule has 1 saturated heterocycles. The Morgan fingerprint density at radius 3 is 2.80 bits per heavy atom. The van der Waals surface area contributed by atoms with Crippen LogP contribution < -0.4 is 14.8 Å². The van der Waals surface area contributed by atoms with Crippen LogP contribution in [0.1, 0.15) is 24.0 Å². The fourth-order valence-electron chi connectivity index (χ4n) is 4.31. The van der Waals surface area contributed by atoms with Crippen LogP contribution in [0, 0.1) is 23.7 Å². The van der Waals surface area contributed by atoms with Crippen molar-refractivity contribution in [2.75, 3.05) is 32.1 Å². The van der Waals surface area contributed by atoms with Crippen LogP contribution in [0.25, 0.3) is 5.52 Å². The van der Waals surface area contributed by atoms with Gasteiger partial charge in [0.05, 0.1) is 30.1 Å². The molecule has 2 aliphatic rings. The summed E-state index contributed by atoms with van der Waals surface area (Å²) in [4.78, 5) is 2.31. The average molecular weight is 358 g/mol. The first kappa shape index (κ1) is 16.5. The standard InChI is InChI=1S/C17H22N6OS/c1-11-4-14(24-3)23-15(11)16(12(7-18)8-20-23)22-9-17(10-22)5-13(6-17)21(2)25-19/h4,8,13H,5-6,9-10,19H2,1-3H3. The van der Waals surface area contributed by atoms with Gasteiger partial charge in [-0.15, -0.1) is 0 Å². The van der Waals surface area contributed by atoms with E-state index in [9.17, 15) is 5.26 Å². The number of rotatable bonds is 4. The summed E-state index contributed by atoms with van der Waals surface area (Å²) in [5, 5.41) is 19.6. The zero-order valence-corrected chi connectivity index (χ0v) is 15.5.